The molecule has 1 heterocycles. The zero-order valence-electron chi connectivity index (χ0n) is 8.37. The molecule has 0 aliphatic rings. The quantitative estimate of drug-likeness (QED) is 0.651. The summed E-state index contributed by atoms with van der Waals surface area (Å²) in [6, 6.07) is 2.25. The van der Waals surface area contributed by atoms with Crippen molar-refractivity contribution in [3.63, 3.8) is 0 Å². The van der Waals surface area contributed by atoms with E-state index in [1.807, 2.05) is 24.5 Å². The Bertz CT molecular complexity index is 321. The van der Waals surface area contributed by atoms with Crippen molar-refractivity contribution in [1.82, 2.24) is 0 Å². The van der Waals surface area contributed by atoms with Crippen molar-refractivity contribution in [1.29, 1.82) is 0 Å². The minimum atomic E-state index is 0.994. The zero-order valence-corrected chi connectivity index (χ0v) is 9.19. The molecule has 0 N–H and O–H groups in total. The normalized spacial score (nSPS) is 11.9. The third-order valence-electron chi connectivity index (χ3n) is 1.82. The highest BCUT2D eigenvalue weighted by molar-refractivity contribution is 7.12. The fraction of sp³-hybridized carbons (Fsp3) is 0.364. The molecule has 0 spiro atoms. The Morgan fingerprint density at radius 1 is 1.46 bits per heavy atom. The highest BCUT2D eigenvalue weighted by atomic mass is 32.1. The van der Waals surface area contributed by atoms with Gasteiger partial charge in [0, 0.05) is 22.2 Å². The molecule has 1 aromatic heterocycles. The van der Waals surface area contributed by atoms with Crippen LogP contribution in [-0.2, 0) is 6.42 Å². The number of rotatable bonds is 3. The van der Waals surface area contributed by atoms with E-state index in [1.165, 1.54) is 15.3 Å². The Morgan fingerprint density at radius 2 is 2.23 bits per heavy atom. The van der Waals surface area contributed by atoms with Gasteiger partial charge in [0.2, 0.25) is 0 Å². The summed E-state index contributed by atoms with van der Waals surface area (Å²) in [5.74, 6) is 0. The van der Waals surface area contributed by atoms with Gasteiger partial charge in [-0.3, -0.25) is 4.99 Å². The maximum absolute atomic E-state index is 4.02. The maximum atomic E-state index is 4.02. The Labute approximate surface area is 83.8 Å². The first-order valence-electron chi connectivity index (χ1n) is 4.42. The van der Waals surface area contributed by atoms with E-state index in [-0.39, 0.29) is 0 Å². The Morgan fingerprint density at radius 3 is 2.77 bits per heavy atom. The molecule has 0 amide bonds. The summed E-state index contributed by atoms with van der Waals surface area (Å²) in [6.45, 7) is 6.24. The second-order valence-corrected chi connectivity index (χ2v) is 4.40. The van der Waals surface area contributed by atoms with Gasteiger partial charge in [-0.2, -0.15) is 0 Å². The first kappa shape index (κ1) is 10.2. The molecule has 70 valence electrons. The molecular formula is C11H15NS. The van der Waals surface area contributed by atoms with Crippen molar-refractivity contribution in [3.05, 3.63) is 33.7 Å². The summed E-state index contributed by atoms with van der Waals surface area (Å²) in [6.07, 6.45) is 6.73. The molecule has 0 fully saturated rings. The third kappa shape index (κ3) is 3.15. The number of hydrogen-bond acceptors (Lipinski definition) is 2. The van der Waals surface area contributed by atoms with Crippen LogP contribution in [-0.4, -0.2) is 6.21 Å². The molecule has 0 saturated carbocycles. The van der Waals surface area contributed by atoms with Crippen LogP contribution in [0.5, 0.6) is 0 Å². The fourth-order valence-electron chi connectivity index (χ4n) is 1.21. The van der Waals surface area contributed by atoms with Crippen LogP contribution in [0.1, 0.15) is 22.2 Å². The molecule has 0 radical (unpaired) electrons. The average molecular weight is 193 g/mol. The van der Waals surface area contributed by atoms with Crippen LogP contribution in [0.15, 0.2) is 23.3 Å². The van der Waals surface area contributed by atoms with E-state index < -0.39 is 0 Å². The van der Waals surface area contributed by atoms with E-state index in [1.54, 1.807) is 6.21 Å². The van der Waals surface area contributed by atoms with Crippen LogP contribution in [0.25, 0.3) is 0 Å². The van der Waals surface area contributed by atoms with E-state index in [9.17, 15) is 0 Å². The van der Waals surface area contributed by atoms with E-state index in [0.717, 1.165) is 6.42 Å². The van der Waals surface area contributed by atoms with Crippen molar-refractivity contribution in [3.8, 4) is 0 Å². The molecular weight excluding hydrogens is 178 g/mol. The van der Waals surface area contributed by atoms with Crippen molar-refractivity contribution in [2.45, 2.75) is 27.2 Å². The first-order valence-corrected chi connectivity index (χ1v) is 5.24. The van der Waals surface area contributed by atoms with Gasteiger partial charge in [-0.15, -0.1) is 11.3 Å². The fourth-order valence-corrected chi connectivity index (χ4v) is 2.17. The summed E-state index contributed by atoms with van der Waals surface area (Å²) >= 11 is 1.86. The van der Waals surface area contributed by atoms with Crippen LogP contribution in [0.3, 0.4) is 0 Å². The summed E-state index contributed by atoms with van der Waals surface area (Å²) in [4.78, 5) is 6.83. The number of thiophene rings is 1. The molecule has 1 aromatic rings. The highest BCUT2D eigenvalue weighted by Crippen LogP contribution is 2.20. The predicted molar refractivity (Wildman–Crippen MR) is 60.8 cm³/mol. The minimum absolute atomic E-state index is 0.994. The summed E-state index contributed by atoms with van der Waals surface area (Å²) in [5, 5.41) is 0. The standard InChI is InChI=1S/C11H15NS/c1-4-12-7-5-6-11-8-9(2)13-10(11)3/h4-5,7-8H,6H2,1-3H3. The minimum Gasteiger partial charge on any atom is -0.270 e. The second kappa shape index (κ2) is 4.97. The van der Waals surface area contributed by atoms with E-state index in [2.05, 4.69) is 31.0 Å². The maximum Gasteiger partial charge on any atom is 0.0227 e. The molecule has 0 aliphatic heterocycles. The molecule has 0 unspecified atom stereocenters. The molecule has 0 saturated heterocycles. The van der Waals surface area contributed by atoms with Gasteiger partial charge in [0.05, 0.1) is 0 Å². The molecule has 13 heavy (non-hydrogen) atoms. The highest BCUT2D eigenvalue weighted by Gasteiger charge is 1.99. The lowest BCUT2D eigenvalue weighted by Crippen LogP contribution is -1.78. The first-order chi connectivity index (χ1) is 6.24. The average Bonchev–Trinajstić information content (AvgIpc) is 2.39. The molecule has 1 nitrogen and oxygen atoms in total. The van der Waals surface area contributed by atoms with Crippen molar-refractivity contribution >= 4 is 17.6 Å². The van der Waals surface area contributed by atoms with Crippen molar-refractivity contribution in [2.24, 2.45) is 4.99 Å². The van der Waals surface area contributed by atoms with Gasteiger partial charge in [0.1, 0.15) is 0 Å². The molecule has 2 heteroatoms. The predicted octanol–water partition coefficient (Wildman–Crippen LogP) is 3.51. The van der Waals surface area contributed by atoms with Crippen LogP contribution in [0, 0.1) is 13.8 Å². The monoisotopic (exact) mass is 193 g/mol. The topological polar surface area (TPSA) is 12.4 Å². The number of aliphatic imine (C=N–C) groups is 1. The summed E-state index contributed by atoms with van der Waals surface area (Å²) < 4.78 is 0. The third-order valence-corrected chi connectivity index (χ3v) is 2.83. The Kier molecular flexibility index (Phi) is 3.90. The number of aryl methyl sites for hydroxylation is 2. The lowest BCUT2D eigenvalue weighted by atomic mass is 10.2. The van der Waals surface area contributed by atoms with Crippen molar-refractivity contribution in [2.75, 3.05) is 0 Å². The molecule has 1 rings (SSSR count). The molecule has 0 aromatic carbocycles. The number of hydrogen-bond donors (Lipinski definition) is 0. The van der Waals surface area contributed by atoms with Crippen molar-refractivity contribution < 1.29 is 0 Å². The zero-order chi connectivity index (χ0) is 9.68. The van der Waals surface area contributed by atoms with Crippen LogP contribution >= 0.6 is 11.3 Å². The SMILES string of the molecule is CC=NC=CCc1cc(C)sc1C. The Balaban J connectivity index is 2.59. The second-order valence-electron chi connectivity index (χ2n) is 2.93. The molecule has 0 aliphatic carbocycles. The Hall–Kier alpha value is -0.890. The smallest absolute Gasteiger partial charge is 0.0227 e. The molecule has 0 bridgehead atoms. The van der Waals surface area contributed by atoms with Gasteiger partial charge in [0.25, 0.3) is 0 Å². The van der Waals surface area contributed by atoms with E-state index >= 15 is 0 Å². The molecule has 0 atom stereocenters. The van der Waals surface area contributed by atoms with E-state index in [0.29, 0.717) is 0 Å². The van der Waals surface area contributed by atoms with Gasteiger partial charge in [0.15, 0.2) is 0 Å². The summed E-state index contributed by atoms with van der Waals surface area (Å²) in [7, 11) is 0. The number of nitrogens with zero attached hydrogens (tertiary/aromatic N) is 1. The lowest BCUT2D eigenvalue weighted by molar-refractivity contribution is 1.24. The largest absolute Gasteiger partial charge is 0.270 e. The number of allylic oxidation sites excluding steroid dienone is 1. The lowest BCUT2D eigenvalue weighted by Gasteiger charge is -1.90. The van der Waals surface area contributed by atoms with Crippen LogP contribution < -0.4 is 0 Å². The summed E-state index contributed by atoms with van der Waals surface area (Å²) in [5.41, 5.74) is 1.42. The van der Waals surface area contributed by atoms with E-state index in [4.69, 9.17) is 0 Å². The van der Waals surface area contributed by atoms with Gasteiger partial charge in [-0.05, 0) is 38.8 Å². The van der Waals surface area contributed by atoms with Gasteiger partial charge >= 0.3 is 0 Å². The van der Waals surface area contributed by atoms with Gasteiger partial charge in [-0.1, -0.05) is 6.08 Å². The van der Waals surface area contributed by atoms with Crippen LogP contribution in [0.4, 0.5) is 0 Å². The van der Waals surface area contributed by atoms with Crippen LogP contribution in [0.2, 0.25) is 0 Å². The van der Waals surface area contributed by atoms with Gasteiger partial charge < -0.3 is 0 Å². The van der Waals surface area contributed by atoms with Gasteiger partial charge in [-0.25, -0.2) is 0 Å².